The molecule has 0 aliphatic carbocycles. The second-order valence-electron chi connectivity index (χ2n) is 4.24. The summed E-state index contributed by atoms with van der Waals surface area (Å²) in [5.74, 6) is -0.0283. The predicted molar refractivity (Wildman–Crippen MR) is 68.8 cm³/mol. The highest BCUT2D eigenvalue weighted by Gasteiger charge is 2.05. The summed E-state index contributed by atoms with van der Waals surface area (Å²) in [6, 6.07) is 0. The Kier molecular flexibility index (Phi) is 5.84. The van der Waals surface area contributed by atoms with Crippen molar-refractivity contribution in [2.45, 2.75) is 25.8 Å². The second kappa shape index (κ2) is 7.15. The normalized spacial score (nSPS) is 11.4. The fraction of sp³-hybridized carbons (Fsp3) is 0.636. The molecule has 1 amide bonds. The molecule has 0 aromatic carbocycles. The van der Waals surface area contributed by atoms with Gasteiger partial charge in [0, 0.05) is 38.2 Å². The summed E-state index contributed by atoms with van der Waals surface area (Å²) in [5.41, 5.74) is 0. The molecule has 18 heavy (non-hydrogen) atoms. The van der Waals surface area contributed by atoms with Crippen LogP contribution in [0.3, 0.4) is 0 Å². The third-order valence-electron chi connectivity index (χ3n) is 2.39. The van der Waals surface area contributed by atoms with Crippen LogP contribution >= 0.6 is 0 Å². The molecule has 1 rings (SSSR count). The summed E-state index contributed by atoms with van der Waals surface area (Å²) in [5, 5.41) is 2.76. The first-order valence-electron chi connectivity index (χ1n) is 5.87. The third-order valence-corrected chi connectivity index (χ3v) is 3.42. The minimum Gasteiger partial charge on any atom is -0.356 e. The van der Waals surface area contributed by atoms with E-state index in [9.17, 15) is 13.2 Å². The zero-order valence-electron chi connectivity index (χ0n) is 10.5. The zero-order chi connectivity index (χ0) is 13.4. The van der Waals surface area contributed by atoms with Crippen LogP contribution in [0.1, 0.15) is 19.3 Å². The molecular formula is C11H19N3O3S. The van der Waals surface area contributed by atoms with Crippen LogP contribution in [0.15, 0.2) is 18.7 Å². The molecule has 0 radical (unpaired) electrons. The molecule has 0 saturated heterocycles. The number of sulfone groups is 1. The van der Waals surface area contributed by atoms with Gasteiger partial charge in [-0.3, -0.25) is 4.79 Å². The standard InChI is InChI=1S/C11H19N3O3S/c1-18(16,17)9-2-4-11(15)13-5-3-7-14-8-6-12-10-14/h6,8,10H,2-5,7,9H2,1H3,(H,13,15). The van der Waals surface area contributed by atoms with Gasteiger partial charge in [0.1, 0.15) is 9.84 Å². The minimum absolute atomic E-state index is 0.0649. The van der Waals surface area contributed by atoms with E-state index >= 15 is 0 Å². The Bertz CT molecular complexity index is 454. The Morgan fingerprint density at radius 2 is 2.17 bits per heavy atom. The van der Waals surface area contributed by atoms with Crippen molar-refractivity contribution in [3.05, 3.63) is 18.7 Å². The second-order valence-corrected chi connectivity index (χ2v) is 6.50. The quantitative estimate of drug-likeness (QED) is 0.687. The Hall–Kier alpha value is -1.37. The van der Waals surface area contributed by atoms with Crippen LogP contribution in [0.25, 0.3) is 0 Å². The van der Waals surface area contributed by atoms with Gasteiger partial charge < -0.3 is 9.88 Å². The first-order valence-corrected chi connectivity index (χ1v) is 7.93. The van der Waals surface area contributed by atoms with Crippen molar-refractivity contribution >= 4 is 15.7 Å². The fourth-order valence-electron chi connectivity index (χ4n) is 1.49. The third kappa shape index (κ3) is 7.05. The van der Waals surface area contributed by atoms with Crippen LogP contribution in [0.2, 0.25) is 0 Å². The SMILES string of the molecule is CS(=O)(=O)CCCC(=O)NCCCn1ccnc1. The largest absolute Gasteiger partial charge is 0.356 e. The predicted octanol–water partition coefficient (Wildman–Crippen LogP) is 0.214. The number of carbonyl (C=O) groups excluding carboxylic acids is 1. The highest BCUT2D eigenvalue weighted by Crippen LogP contribution is 1.95. The monoisotopic (exact) mass is 273 g/mol. The number of rotatable bonds is 8. The molecule has 0 bridgehead atoms. The molecule has 1 aromatic rings. The summed E-state index contributed by atoms with van der Waals surface area (Å²) in [7, 11) is -2.96. The summed E-state index contributed by atoms with van der Waals surface area (Å²) >= 11 is 0. The highest BCUT2D eigenvalue weighted by atomic mass is 32.2. The molecule has 1 N–H and O–H groups in total. The zero-order valence-corrected chi connectivity index (χ0v) is 11.3. The van der Waals surface area contributed by atoms with E-state index in [1.807, 2.05) is 10.8 Å². The number of hydrogen-bond acceptors (Lipinski definition) is 4. The number of carbonyl (C=O) groups is 1. The molecule has 0 fully saturated rings. The minimum atomic E-state index is -2.96. The van der Waals surface area contributed by atoms with E-state index in [0.717, 1.165) is 13.0 Å². The molecule has 0 saturated carbocycles. The van der Waals surface area contributed by atoms with Gasteiger partial charge >= 0.3 is 0 Å². The number of aryl methyl sites for hydroxylation is 1. The molecule has 1 aromatic heterocycles. The van der Waals surface area contributed by atoms with E-state index in [2.05, 4.69) is 10.3 Å². The Balaban J connectivity index is 2.03. The van der Waals surface area contributed by atoms with E-state index in [4.69, 9.17) is 0 Å². The van der Waals surface area contributed by atoms with Crippen molar-refractivity contribution < 1.29 is 13.2 Å². The van der Waals surface area contributed by atoms with Crippen molar-refractivity contribution in [3.63, 3.8) is 0 Å². The fourth-order valence-corrected chi connectivity index (χ4v) is 2.16. The first-order chi connectivity index (χ1) is 8.47. The van der Waals surface area contributed by atoms with Crippen LogP contribution in [0.5, 0.6) is 0 Å². The lowest BCUT2D eigenvalue weighted by atomic mass is 10.3. The number of aromatic nitrogens is 2. The van der Waals surface area contributed by atoms with E-state index in [1.54, 1.807) is 12.5 Å². The maximum atomic E-state index is 11.4. The molecule has 1 heterocycles. The smallest absolute Gasteiger partial charge is 0.220 e. The molecule has 7 heteroatoms. The van der Waals surface area contributed by atoms with Crippen LogP contribution in [0, 0.1) is 0 Å². The number of imidazole rings is 1. The molecule has 0 unspecified atom stereocenters. The van der Waals surface area contributed by atoms with Gasteiger partial charge in [0.05, 0.1) is 12.1 Å². The Morgan fingerprint density at radius 3 is 2.78 bits per heavy atom. The van der Waals surface area contributed by atoms with Crippen LogP contribution in [-0.4, -0.2) is 42.4 Å². The molecule has 0 aliphatic heterocycles. The number of hydrogen-bond donors (Lipinski definition) is 1. The maximum absolute atomic E-state index is 11.4. The van der Waals surface area contributed by atoms with Crippen molar-refractivity contribution in [2.75, 3.05) is 18.6 Å². The highest BCUT2D eigenvalue weighted by molar-refractivity contribution is 7.90. The van der Waals surface area contributed by atoms with E-state index in [1.165, 1.54) is 6.26 Å². The van der Waals surface area contributed by atoms with Crippen LogP contribution < -0.4 is 5.32 Å². The van der Waals surface area contributed by atoms with Gasteiger partial charge in [0.25, 0.3) is 0 Å². The topological polar surface area (TPSA) is 81.1 Å². The summed E-state index contributed by atoms with van der Waals surface area (Å²) in [4.78, 5) is 15.3. The number of amides is 1. The maximum Gasteiger partial charge on any atom is 0.220 e. The van der Waals surface area contributed by atoms with E-state index in [-0.39, 0.29) is 18.1 Å². The lowest BCUT2D eigenvalue weighted by Gasteiger charge is -2.05. The van der Waals surface area contributed by atoms with Crippen LogP contribution in [0.4, 0.5) is 0 Å². The Morgan fingerprint density at radius 1 is 1.39 bits per heavy atom. The average molecular weight is 273 g/mol. The number of nitrogens with zero attached hydrogens (tertiary/aromatic N) is 2. The van der Waals surface area contributed by atoms with Crippen molar-refractivity contribution in [2.24, 2.45) is 0 Å². The summed E-state index contributed by atoms with van der Waals surface area (Å²) in [6.45, 7) is 1.40. The lowest BCUT2D eigenvalue weighted by molar-refractivity contribution is -0.121. The molecular weight excluding hydrogens is 254 g/mol. The van der Waals surface area contributed by atoms with Gasteiger partial charge in [0.2, 0.25) is 5.91 Å². The van der Waals surface area contributed by atoms with E-state index < -0.39 is 9.84 Å². The van der Waals surface area contributed by atoms with Gasteiger partial charge in [-0.25, -0.2) is 13.4 Å². The molecule has 0 spiro atoms. The van der Waals surface area contributed by atoms with Gasteiger partial charge in [-0.2, -0.15) is 0 Å². The van der Waals surface area contributed by atoms with Crippen molar-refractivity contribution in [1.29, 1.82) is 0 Å². The van der Waals surface area contributed by atoms with Gasteiger partial charge in [-0.15, -0.1) is 0 Å². The summed E-state index contributed by atoms with van der Waals surface area (Å²) in [6.07, 6.45) is 7.96. The van der Waals surface area contributed by atoms with Crippen LogP contribution in [-0.2, 0) is 21.2 Å². The van der Waals surface area contributed by atoms with Gasteiger partial charge in [-0.1, -0.05) is 0 Å². The van der Waals surface area contributed by atoms with Gasteiger partial charge in [-0.05, 0) is 12.8 Å². The first kappa shape index (κ1) is 14.7. The van der Waals surface area contributed by atoms with Gasteiger partial charge in [0.15, 0.2) is 0 Å². The Labute approximate surface area is 107 Å². The molecule has 6 nitrogen and oxygen atoms in total. The lowest BCUT2D eigenvalue weighted by Crippen LogP contribution is -2.25. The van der Waals surface area contributed by atoms with Crippen molar-refractivity contribution in [1.82, 2.24) is 14.9 Å². The molecule has 0 atom stereocenters. The molecule has 0 aliphatic rings. The van der Waals surface area contributed by atoms with E-state index in [0.29, 0.717) is 13.0 Å². The molecule has 102 valence electrons. The van der Waals surface area contributed by atoms with Crippen molar-refractivity contribution in [3.8, 4) is 0 Å². The number of nitrogens with one attached hydrogen (secondary N) is 1. The average Bonchev–Trinajstić information content (AvgIpc) is 2.75. The summed E-state index contributed by atoms with van der Waals surface area (Å²) < 4.78 is 23.7.